The van der Waals surface area contributed by atoms with Gasteiger partial charge in [0.2, 0.25) is 5.91 Å². The maximum Gasteiger partial charge on any atom is 0.228 e. The summed E-state index contributed by atoms with van der Waals surface area (Å²) >= 11 is 0. The molecule has 0 aliphatic heterocycles. The molecule has 6 nitrogen and oxygen atoms in total. The molecule has 128 valence electrons. The number of benzene rings is 1. The van der Waals surface area contributed by atoms with Crippen molar-refractivity contribution in [3.63, 3.8) is 0 Å². The number of rotatable bonds is 4. The number of carbonyl (C=O) groups is 1. The summed E-state index contributed by atoms with van der Waals surface area (Å²) in [6.45, 7) is 1.84. The quantitative estimate of drug-likeness (QED) is 0.609. The van der Waals surface area contributed by atoms with Crippen LogP contribution in [0.2, 0.25) is 0 Å². The number of nitrogens with one attached hydrogen (secondary N) is 1. The molecule has 0 saturated heterocycles. The van der Waals surface area contributed by atoms with Crippen molar-refractivity contribution in [3.05, 3.63) is 72.2 Å². The van der Waals surface area contributed by atoms with Crippen LogP contribution < -0.4 is 5.32 Å². The molecule has 3 heterocycles. The number of para-hydroxylation sites is 1. The summed E-state index contributed by atoms with van der Waals surface area (Å²) in [6.07, 6.45) is 3.50. The minimum Gasteiger partial charge on any atom is -0.361 e. The molecule has 0 aliphatic rings. The number of hydrogen-bond donors (Lipinski definition) is 1. The Kier molecular flexibility index (Phi) is 4.15. The number of amides is 1. The predicted molar refractivity (Wildman–Crippen MR) is 98.5 cm³/mol. The van der Waals surface area contributed by atoms with Crippen LogP contribution in [-0.4, -0.2) is 21.0 Å². The smallest absolute Gasteiger partial charge is 0.228 e. The molecular formula is C20H16N4O2. The SMILES string of the molecule is Cc1cc(-c2ccc3cccc(CC(=O)Nc4cccnc4)c3n2)no1. The van der Waals surface area contributed by atoms with E-state index in [2.05, 4.69) is 15.5 Å². The first-order chi connectivity index (χ1) is 12.7. The second kappa shape index (κ2) is 6.76. The fourth-order valence-corrected chi connectivity index (χ4v) is 2.80. The fourth-order valence-electron chi connectivity index (χ4n) is 2.80. The number of aromatic nitrogens is 3. The summed E-state index contributed by atoms with van der Waals surface area (Å²) in [7, 11) is 0. The number of hydrogen-bond acceptors (Lipinski definition) is 5. The van der Waals surface area contributed by atoms with E-state index in [0.29, 0.717) is 11.4 Å². The first-order valence-electron chi connectivity index (χ1n) is 8.21. The van der Waals surface area contributed by atoms with Crippen LogP contribution in [0, 0.1) is 6.92 Å². The topological polar surface area (TPSA) is 80.9 Å². The van der Waals surface area contributed by atoms with Crippen LogP contribution in [0.5, 0.6) is 0 Å². The Morgan fingerprint density at radius 2 is 2.04 bits per heavy atom. The van der Waals surface area contributed by atoms with Gasteiger partial charge in [-0.1, -0.05) is 29.4 Å². The largest absolute Gasteiger partial charge is 0.361 e. The van der Waals surface area contributed by atoms with Gasteiger partial charge in [0, 0.05) is 17.6 Å². The van der Waals surface area contributed by atoms with Crippen LogP contribution in [-0.2, 0) is 11.2 Å². The summed E-state index contributed by atoms with van der Waals surface area (Å²) < 4.78 is 5.13. The van der Waals surface area contributed by atoms with Gasteiger partial charge in [-0.25, -0.2) is 4.98 Å². The van der Waals surface area contributed by atoms with Gasteiger partial charge in [0.25, 0.3) is 0 Å². The Balaban J connectivity index is 1.65. The van der Waals surface area contributed by atoms with E-state index in [4.69, 9.17) is 9.51 Å². The third-order valence-corrected chi connectivity index (χ3v) is 3.99. The van der Waals surface area contributed by atoms with Crippen molar-refractivity contribution in [1.29, 1.82) is 0 Å². The molecule has 1 aromatic carbocycles. The molecule has 26 heavy (non-hydrogen) atoms. The second-order valence-electron chi connectivity index (χ2n) is 5.97. The highest BCUT2D eigenvalue weighted by atomic mass is 16.5. The van der Waals surface area contributed by atoms with Crippen molar-refractivity contribution < 1.29 is 9.32 Å². The lowest BCUT2D eigenvalue weighted by atomic mass is 10.1. The van der Waals surface area contributed by atoms with E-state index >= 15 is 0 Å². The number of fused-ring (bicyclic) bond motifs is 1. The third kappa shape index (κ3) is 3.30. The molecule has 6 heteroatoms. The van der Waals surface area contributed by atoms with Crippen LogP contribution >= 0.6 is 0 Å². The first-order valence-corrected chi connectivity index (χ1v) is 8.21. The van der Waals surface area contributed by atoms with Crippen molar-refractivity contribution in [3.8, 4) is 11.4 Å². The molecule has 0 spiro atoms. The van der Waals surface area contributed by atoms with Gasteiger partial charge in [0.05, 0.1) is 29.5 Å². The van der Waals surface area contributed by atoms with E-state index in [0.717, 1.165) is 27.9 Å². The Morgan fingerprint density at radius 1 is 1.12 bits per heavy atom. The summed E-state index contributed by atoms with van der Waals surface area (Å²) in [5, 5.41) is 7.84. The number of pyridine rings is 2. The highest BCUT2D eigenvalue weighted by Crippen LogP contribution is 2.23. The molecule has 0 radical (unpaired) electrons. The fraction of sp³-hybridized carbons (Fsp3) is 0.100. The molecule has 1 N–H and O–H groups in total. The van der Waals surface area contributed by atoms with E-state index in [9.17, 15) is 4.79 Å². The van der Waals surface area contributed by atoms with Crippen molar-refractivity contribution in [2.45, 2.75) is 13.3 Å². The monoisotopic (exact) mass is 344 g/mol. The van der Waals surface area contributed by atoms with E-state index in [1.54, 1.807) is 24.5 Å². The predicted octanol–water partition coefficient (Wildman–Crippen LogP) is 3.77. The van der Waals surface area contributed by atoms with Crippen LogP contribution in [0.3, 0.4) is 0 Å². The molecule has 1 amide bonds. The van der Waals surface area contributed by atoms with Crippen LogP contribution in [0.1, 0.15) is 11.3 Å². The summed E-state index contributed by atoms with van der Waals surface area (Å²) in [4.78, 5) is 21.1. The molecule has 0 atom stereocenters. The van der Waals surface area contributed by atoms with Crippen LogP contribution in [0.4, 0.5) is 5.69 Å². The zero-order valence-electron chi connectivity index (χ0n) is 14.1. The average molecular weight is 344 g/mol. The zero-order valence-corrected chi connectivity index (χ0v) is 14.1. The number of aryl methyl sites for hydroxylation is 1. The molecule has 3 aromatic heterocycles. The van der Waals surface area contributed by atoms with Crippen molar-refractivity contribution in [2.24, 2.45) is 0 Å². The van der Waals surface area contributed by atoms with Gasteiger partial charge in [-0.05, 0) is 30.7 Å². The van der Waals surface area contributed by atoms with Crippen LogP contribution in [0.15, 0.2) is 65.4 Å². The summed E-state index contributed by atoms with van der Waals surface area (Å²) in [5.74, 6) is 0.612. The van der Waals surface area contributed by atoms with Crippen molar-refractivity contribution in [1.82, 2.24) is 15.1 Å². The van der Waals surface area contributed by atoms with E-state index in [-0.39, 0.29) is 12.3 Å². The minimum atomic E-state index is -0.116. The molecule has 4 aromatic rings. The van der Waals surface area contributed by atoms with Crippen molar-refractivity contribution in [2.75, 3.05) is 5.32 Å². The van der Waals surface area contributed by atoms with E-state index < -0.39 is 0 Å². The molecule has 4 rings (SSSR count). The van der Waals surface area contributed by atoms with E-state index in [1.165, 1.54) is 0 Å². The average Bonchev–Trinajstić information content (AvgIpc) is 3.09. The van der Waals surface area contributed by atoms with Gasteiger partial charge < -0.3 is 9.84 Å². The van der Waals surface area contributed by atoms with Crippen molar-refractivity contribution >= 4 is 22.5 Å². The number of nitrogens with zero attached hydrogens (tertiary/aromatic N) is 3. The van der Waals surface area contributed by atoms with Gasteiger partial charge >= 0.3 is 0 Å². The van der Waals surface area contributed by atoms with Gasteiger partial charge in [-0.3, -0.25) is 9.78 Å². The molecule has 0 bridgehead atoms. The minimum absolute atomic E-state index is 0.116. The maximum absolute atomic E-state index is 12.4. The Bertz CT molecular complexity index is 1070. The summed E-state index contributed by atoms with van der Waals surface area (Å²) in [6, 6.07) is 15.1. The van der Waals surface area contributed by atoms with Gasteiger partial charge in [0.15, 0.2) is 0 Å². The molecule has 0 fully saturated rings. The second-order valence-corrected chi connectivity index (χ2v) is 5.97. The van der Waals surface area contributed by atoms with E-state index in [1.807, 2.05) is 43.3 Å². The first kappa shape index (κ1) is 16.0. The standard InChI is InChI=1S/C20H16N4O2/c1-13-10-18(24-26-13)17-8-7-14-4-2-5-15(20(14)23-17)11-19(25)22-16-6-3-9-21-12-16/h2-10,12H,11H2,1H3,(H,22,25). The maximum atomic E-state index is 12.4. The lowest BCUT2D eigenvalue weighted by Crippen LogP contribution is -2.14. The zero-order chi connectivity index (χ0) is 17.9. The molecule has 0 aliphatic carbocycles. The Labute approximate surface area is 149 Å². The molecule has 0 unspecified atom stereocenters. The Hall–Kier alpha value is -3.54. The number of carbonyl (C=O) groups excluding carboxylic acids is 1. The lowest BCUT2D eigenvalue weighted by molar-refractivity contribution is -0.115. The van der Waals surface area contributed by atoms with Crippen LogP contribution in [0.25, 0.3) is 22.3 Å². The third-order valence-electron chi connectivity index (χ3n) is 3.99. The molecule has 0 saturated carbocycles. The number of anilines is 1. The highest BCUT2D eigenvalue weighted by molar-refractivity contribution is 5.95. The highest BCUT2D eigenvalue weighted by Gasteiger charge is 2.11. The lowest BCUT2D eigenvalue weighted by Gasteiger charge is -2.08. The van der Waals surface area contributed by atoms with Gasteiger partial charge in [0.1, 0.15) is 11.5 Å². The van der Waals surface area contributed by atoms with Gasteiger partial charge in [-0.15, -0.1) is 0 Å². The Morgan fingerprint density at radius 3 is 2.81 bits per heavy atom. The summed E-state index contributed by atoms with van der Waals surface area (Å²) in [5.41, 5.74) is 3.70. The normalized spacial score (nSPS) is 10.8. The van der Waals surface area contributed by atoms with Gasteiger partial charge in [-0.2, -0.15) is 0 Å². The molecular weight excluding hydrogens is 328 g/mol.